The van der Waals surface area contributed by atoms with Crippen LogP contribution in [-0.2, 0) is 6.42 Å². The van der Waals surface area contributed by atoms with Crippen LogP contribution < -0.4 is 5.69 Å². The molecule has 0 spiro atoms. The van der Waals surface area contributed by atoms with Crippen LogP contribution in [0.3, 0.4) is 0 Å². The maximum Gasteiger partial charge on any atom is 0.361 e. The van der Waals surface area contributed by atoms with Crippen molar-refractivity contribution in [2.24, 2.45) is 0 Å². The molecule has 1 N–H and O–H groups in total. The number of H-pyrrole nitrogens is 1. The first kappa shape index (κ1) is 8.68. The summed E-state index contributed by atoms with van der Waals surface area (Å²) < 4.78 is 1.60. The number of aryl methyl sites for hydroxylation is 1. The van der Waals surface area contributed by atoms with Gasteiger partial charge < -0.3 is 0 Å². The summed E-state index contributed by atoms with van der Waals surface area (Å²) in [6.45, 7) is 1.94. The zero-order valence-corrected chi connectivity index (χ0v) is 7.77. The van der Waals surface area contributed by atoms with Crippen LogP contribution in [-0.4, -0.2) is 19.7 Å². The summed E-state index contributed by atoms with van der Waals surface area (Å²) in [5, 5.41) is 2.60. The van der Waals surface area contributed by atoms with Gasteiger partial charge in [-0.3, -0.25) is 0 Å². The van der Waals surface area contributed by atoms with Gasteiger partial charge in [0.1, 0.15) is 5.82 Å². The van der Waals surface area contributed by atoms with Crippen molar-refractivity contribution in [3.8, 4) is 5.82 Å². The lowest BCUT2D eigenvalue weighted by Crippen LogP contribution is -2.06. The van der Waals surface area contributed by atoms with Crippen LogP contribution in [0.25, 0.3) is 5.82 Å². The highest BCUT2D eigenvalue weighted by Gasteiger charge is 2.05. The maximum absolute atomic E-state index is 11.0. The first-order valence-electron chi connectivity index (χ1n) is 4.40. The Kier molecular flexibility index (Phi) is 2.14. The van der Waals surface area contributed by atoms with Crippen LogP contribution in [0, 0.1) is 0 Å². The van der Waals surface area contributed by atoms with Gasteiger partial charge in [-0.1, -0.05) is 13.0 Å². The minimum Gasteiger partial charge on any atom is -0.244 e. The second kappa shape index (κ2) is 3.45. The fourth-order valence-corrected chi connectivity index (χ4v) is 1.27. The minimum absolute atomic E-state index is 0.340. The summed E-state index contributed by atoms with van der Waals surface area (Å²) in [7, 11) is 0. The molecule has 2 aromatic rings. The molecule has 0 unspecified atom stereocenters. The van der Waals surface area contributed by atoms with Crippen LogP contribution >= 0.6 is 0 Å². The molecule has 0 fully saturated rings. The van der Waals surface area contributed by atoms with Crippen molar-refractivity contribution in [1.82, 2.24) is 19.7 Å². The molecule has 0 atom stereocenters. The molecule has 0 radical (unpaired) electrons. The van der Waals surface area contributed by atoms with E-state index >= 15 is 0 Å². The summed E-state index contributed by atoms with van der Waals surface area (Å²) in [4.78, 5) is 19.0. The Balaban J connectivity index is 2.56. The second-order valence-corrected chi connectivity index (χ2v) is 2.82. The number of pyridine rings is 1. The van der Waals surface area contributed by atoms with Gasteiger partial charge in [0.05, 0.1) is 0 Å². The number of nitrogens with zero attached hydrogens (tertiary/aromatic N) is 3. The van der Waals surface area contributed by atoms with Crippen molar-refractivity contribution >= 4 is 0 Å². The van der Waals surface area contributed by atoms with E-state index in [1.54, 1.807) is 10.9 Å². The van der Waals surface area contributed by atoms with E-state index in [1.807, 2.05) is 25.1 Å². The lowest BCUT2D eigenvalue weighted by molar-refractivity contribution is 0.774. The summed E-state index contributed by atoms with van der Waals surface area (Å²) in [5.74, 6) is 1.37. The summed E-state index contributed by atoms with van der Waals surface area (Å²) in [6.07, 6.45) is 2.36. The smallest absolute Gasteiger partial charge is 0.244 e. The number of hydrogen-bond donors (Lipinski definition) is 1. The molecular formula is C9H10N4O. The number of nitrogens with one attached hydrogen (secondary N) is 1. The normalized spacial score (nSPS) is 10.4. The van der Waals surface area contributed by atoms with Crippen molar-refractivity contribution in [3.63, 3.8) is 0 Å². The van der Waals surface area contributed by atoms with Crippen molar-refractivity contribution in [2.75, 3.05) is 0 Å². The average Bonchev–Trinajstić information content (AvgIpc) is 2.61. The average molecular weight is 190 g/mol. The number of aromatic amines is 1. The molecule has 0 aliphatic rings. The summed E-state index contributed by atoms with van der Waals surface area (Å²) >= 11 is 0. The molecule has 2 aromatic heterocycles. The van der Waals surface area contributed by atoms with Gasteiger partial charge >= 0.3 is 5.69 Å². The van der Waals surface area contributed by atoms with E-state index in [0.29, 0.717) is 18.1 Å². The molecule has 5 heteroatoms. The Bertz CT molecular complexity index is 471. The minimum atomic E-state index is -0.340. The monoisotopic (exact) mass is 190 g/mol. The summed E-state index contributed by atoms with van der Waals surface area (Å²) in [5.41, 5.74) is -0.340. The molecule has 72 valence electrons. The SMILES string of the molecule is CCc1nc(=O)[nH]n1-c1ccccn1. The molecule has 0 aliphatic carbocycles. The van der Waals surface area contributed by atoms with E-state index in [4.69, 9.17) is 0 Å². The van der Waals surface area contributed by atoms with Crippen LogP contribution in [0.4, 0.5) is 0 Å². The predicted molar refractivity (Wildman–Crippen MR) is 51.4 cm³/mol. The van der Waals surface area contributed by atoms with E-state index in [0.717, 1.165) is 0 Å². The quantitative estimate of drug-likeness (QED) is 0.750. The Morgan fingerprint density at radius 2 is 2.36 bits per heavy atom. The highest BCUT2D eigenvalue weighted by Crippen LogP contribution is 2.02. The van der Waals surface area contributed by atoms with E-state index in [1.165, 1.54) is 0 Å². The third-order valence-electron chi connectivity index (χ3n) is 1.89. The van der Waals surface area contributed by atoms with Crippen LogP contribution in [0.2, 0.25) is 0 Å². The Labute approximate surface area is 80.4 Å². The van der Waals surface area contributed by atoms with Crippen LogP contribution in [0.5, 0.6) is 0 Å². The molecular weight excluding hydrogens is 180 g/mol. The number of rotatable bonds is 2. The fourth-order valence-electron chi connectivity index (χ4n) is 1.27. The van der Waals surface area contributed by atoms with Gasteiger partial charge in [-0.05, 0) is 12.1 Å². The second-order valence-electron chi connectivity index (χ2n) is 2.82. The molecule has 0 saturated carbocycles. The Morgan fingerprint density at radius 1 is 1.50 bits per heavy atom. The van der Waals surface area contributed by atoms with Gasteiger partial charge in [-0.15, -0.1) is 0 Å². The van der Waals surface area contributed by atoms with Gasteiger partial charge in [0, 0.05) is 12.6 Å². The van der Waals surface area contributed by atoms with Gasteiger partial charge in [-0.2, -0.15) is 4.98 Å². The van der Waals surface area contributed by atoms with Gasteiger partial charge in [0.2, 0.25) is 0 Å². The Morgan fingerprint density at radius 3 is 3.00 bits per heavy atom. The molecule has 0 amide bonds. The number of aromatic nitrogens is 4. The lowest BCUT2D eigenvalue weighted by atomic mass is 10.4. The van der Waals surface area contributed by atoms with Gasteiger partial charge in [-0.25, -0.2) is 19.6 Å². The third kappa shape index (κ3) is 1.44. The first-order valence-corrected chi connectivity index (χ1v) is 4.40. The topological polar surface area (TPSA) is 63.6 Å². The molecule has 2 heterocycles. The molecule has 2 rings (SSSR count). The third-order valence-corrected chi connectivity index (χ3v) is 1.89. The van der Waals surface area contributed by atoms with Crippen molar-refractivity contribution in [3.05, 3.63) is 40.7 Å². The molecule has 0 bridgehead atoms. The standard InChI is InChI=1S/C9H10N4O/c1-2-7-11-9(14)12-13(7)8-5-3-4-6-10-8/h3-6H,2H2,1H3,(H,12,14). The molecule has 0 aromatic carbocycles. The summed E-state index contributed by atoms with van der Waals surface area (Å²) in [6, 6.07) is 5.50. The van der Waals surface area contributed by atoms with E-state index in [-0.39, 0.29) is 5.69 Å². The van der Waals surface area contributed by atoms with Gasteiger partial charge in [0.25, 0.3) is 0 Å². The zero-order chi connectivity index (χ0) is 9.97. The highest BCUT2D eigenvalue weighted by molar-refractivity contribution is 5.20. The van der Waals surface area contributed by atoms with E-state index in [9.17, 15) is 4.79 Å². The van der Waals surface area contributed by atoms with E-state index < -0.39 is 0 Å². The first-order chi connectivity index (χ1) is 6.81. The Hall–Kier alpha value is -1.91. The van der Waals surface area contributed by atoms with Crippen molar-refractivity contribution < 1.29 is 0 Å². The largest absolute Gasteiger partial charge is 0.361 e. The fraction of sp³-hybridized carbons (Fsp3) is 0.222. The van der Waals surface area contributed by atoms with Crippen molar-refractivity contribution in [1.29, 1.82) is 0 Å². The lowest BCUT2D eigenvalue weighted by Gasteiger charge is -2.02. The molecule has 5 nitrogen and oxygen atoms in total. The van der Waals surface area contributed by atoms with Gasteiger partial charge in [0.15, 0.2) is 5.82 Å². The molecule has 0 saturated heterocycles. The van der Waals surface area contributed by atoms with Crippen LogP contribution in [0.15, 0.2) is 29.2 Å². The van der Waals surface area contributed by atoms with Crippen molar-refractivity contribution in [2.45, 2.75) is 13.3 Å². The number of hydrogen-bond acceptors (Lipinski definition) is 3. The highest BCUT2D eigenvalue weighted by atomic mass is 16.1. The maximum atomic E-state index is 11.0. The molecule has 0 aliphatic heterocycles. The van der Waals surface area contributed by atoms with E-state index in [2.05, 4.69) is 15.1 Å². The predicted octanol–water partition coefficient (Wildman–Crippen LogP) is 0.518. The zero-order valence-electron chi connectivity index (χ0n) is 7.77. The van der Waals surface area contributed by atoms with Crippen LogP contribution in [0.1, 0.15) is 12.7 Å². The molecule has 14 heavy (non-hydrogen) atoms.